The highest BCUT2D eigenvalue weighted by molar-refractivity contribution is 7.59. The van der Waals surface area contributed by atoms with Crippen LogP contribution in [0, 0.1) is 0 Å². The first kappa shape index (κ1) is 28.2. The molecule has 3 rings (SSSR count). The van der Waals surface area contributed by atoms with E-state index in [0.717, 1.165) is 12.3 Å². The van der Waals surface area contributed by atoms with Crippen LogP contribution in [0.15, 0.2) is 21.9 Å². The Morgan fingerprint density at radius 1 is 1.06 bits per heavy atom. The number of hydrogen-bond acceptors (Lipinski definition) is 16. The van der Waals surface area contributed by atoms with Crippen molar-refractivity contribution < 1.29 is 67.3 Å². The summed E-state index contributed by atoms with van der Waals surface area (Å²) in [5.74, 6) is 0. The maximum atomic E-state index is 12.0. The lowest BCUT2D eigenvalue weighted by atomic mass is 10.0. The average Bonchev–Trinajstić information content (AvgIpc) is 3.02. The van der Waals surface area contributed by atoms with Gasteiger partial charge in [-0.1, -0.05) is 0 Å². The Hall–Kier alpha value is -1.34. The van der Waals surface area contributed by atoms with Crippen molar-refractivity contribution in [1.29, 1.82) is 0 Å². The van der Waals surface area contributed by atoms with E-state index in [2.05, 4.69) is 13.4 Å². The van der Waals surface area contributed by atoms with Gasteiger partial charge in [-0.05, 0) is 0 Å². The van der Waals surface area contributed by atoms with E-state index in [0.29, 0.717) is 4.57 Å². The van der Waals surface area contributed by atoms with Gasteiger partial charge in [-0.15, -0.1) is 0 Å². The summed E-state index contributed by atoms with van der Waals surface area (Å²) in [5, 5.41) is 48.6. The lowest BCUT2D eigenvalue weighted by molar-refractivity contribution is -0.286. The van der Waals surface area contributed by atoms with Gasteiger partial charge in [-0.25, -0.2) is 9.11 Å². The number of nitrogens with zero attached hydrogens (tertiary/aromatic N) is 1. The molecule has 2 unspecified atom stereocenters. The molecule has 6 N–H and O–H groups in total. The van der Waals surface area contributed by atoms with Gasteiger partial charge >= 0.3 is 5.69 Å². The van der Waals surface area contributed by atoms with Crippen molar-refractivity contribution in [2.24, 2.45) is 0 Å². The van der Waals surface area contributed by atoms with Gasteiger partial charge in [0.1, 0.15) is 30.5 Å². The van der Waals surface area contributed by atoms with Crippen LogP contribution >= 0.6 is 15.6 Å². The molecule has 2 aliphatic rings. The van der Waals surface area contributed by atoms with Crippen LogP contribution in [0.25, 0.3) is 0 Å². The molecule has 0 bridgehead atoms. The first-order valence-corrected chi connectivity index (χ1v) is 12.8. The molecule has 0 spiro atoms. The van der Waals surface area contributed by atoms with Gasteiger partial charge in [0.2, 0.25) is 0 Å². The molecular weight excluding hydrogens is 526 g/mol. The molecule has 200 valence electrons. The van der Waals surface area contributed by atoms with Crippen LogP contribution in [0.4, 0.5) is 0 Å². The predicted octanol–water partition coefficient (Wildman–Crippen LogP) is -5.03. The van der Waals surface area contributed by atoms with Crippen LogP contribution in [0.3, 0.4) is 0 Å². The molecule has 1 aromatic rings. The highest BCUT2D eigenvalue weighted by atomic mass is 31.3. The number of aromatic amines is 1. The highest BCUT2D eigenvalue weighted by Gasteiger charge is 2.45. The normalized spacial score (nSPS) is 37.0. The van der Waals surface area contributed by atoms with Gasteiger partial charge in [0.25, 0.3) is 21.2 Å². The van der Waals surface area contributed by atoms with Crippen molar-refractivity contribution in [3.63, 3.8) is 0 Å². The fraction of sp³-hybridized carbons (Fsp3) is 0.733. The van der Waals surface area contributed by atoms with Crippen LogP contribution in [0.5, 0.6) is 0 Å². The number of phosphoric ester groups is 2. The molecule has 10 atom stereocenters. The maximum Gasteiger partial charge on any atom is 0.330 e. The number of rotatable bonds is 9. The quantitative estimate of drug-likeness (QED) is 0.157. The molecule has 0 aromatic carbocycles. The average molecular weight is 548 g/mol. The highest BCUT2D eigenvalue weighted by Crippen LogP contribution is 2.57. The monoisotopic (exact) mass is 548 g/mol. The Balaban J connectivity index is 1.60. The zero-order chi connectivity index (χ0) is 26.1. The van der Waals surface area contributed by atoms with Crippen LogP contribution in [-0.2, 0) is 32.0 Å². The number of aliphatic hydroxyl groups is 5. The number of phosphoric acid groups is 2. The van der Waals surface area contributed by atoms with Crippen molar-refractivity contribution in [3.8, 4) is 0 Å². The molecule has 35 heavy (non-hydrogen) atoms. The van der Waals surface area contributed by atoms with Crippen molar-refractivity contribution in [1.82, 2.24) is 9.55 Å². The first-order valence-electron chi connectivity index (χ1n) is 9.85. The third-order valence-corrected chi connectivity index (χ3v) is 7.54. The number of aliphatic hydroxyl groups excluding tert-OH is 5. The number of ether oxygens (including phenoxy) is 2. The Morgan fingerprint density at radius 3 is 2.37 bits per heavy atom. The standard InChI is InChI=1S/C15H24N2O16P2/c18-4-8-6(19)3-7(20)14(31-8)32-35(27,28)33-34(25,26)29-5-9-11(22)12(23)13(30-9)17-2-1-10(21)16-15(17)24/h1-2,6-9,11-14,18-20,22-23H,3-5H2,(H,25,26)(H,27,28)(H,16,21,24)/p-2/t6-,7+,8+,9+,11+,12+,13+,14+/m0/s1. The minimum Gasteiger partial charge on any atom is -0.756 e. The molecule has 0 amide bonds. The molecule has 1 aromatic heterocycles. The molecule has 20 heteroatoms. The fourth-order valence-electron chi connectivity index (χ4n) is 3.31. The summed E-state index contributed by atoms with van der Waals surface area (Å²) in [6.45, 7) is -1.84. The third kappa shape index (κ3) is 6.91. The molecule has 18 nitrogen and oxygen atoms in total. The van der Waals surface area contributed by atoms with Gasteiger partial charge in [0.15, 0.2) is 12.5 Å². The number of H-pyrrole nitrogens is 1. The summed E-state index contributed by atoms with van der Waals surface area (Å²) in [5.41, 5.74) is -1.75. The largest absolute Gasteiger partial charge is 0.756 e. The summed E-state index contributed by atoms with van der Waals surface area (Å²) in [7, 11) is -11.5. The zero-order valence-corrected chi connectivity index (χ0v) is 19.3. The first-order chi connectivity index (χ1) is 16.2. The number of nitrogens with one attached hydrogen (secondary N) is 1. The second-order valence-corrected chi connectivity index (χ2v) is 10.4. The molecule has 0 aliphatic carbocycles. The van der Waals surface area contributed by atoms with E-state index in [1.165, 1.54) is 0 Å². The molecular formula is C15H22N2O16P2-2. The van der Waals surface area contributed by atoms with Gasteiger partial charge in [-0.3, -0.25) is 28.0 Å². The second kappa shape index (κ2) is 11.0. The van der Waals surface area contributed by atoms with Crippen molar-refractivity contribution in [2.75, 3.05) is 13.2 Å². The number of aromatic nitrogens is 2. The van der Waals surface area contributed by atoms with Crippen LogP contribution in [0.2, 0.25) is 0 Å². The predicted molar refractivity (Wildman–Crippen MR) is 103 cm³/mol. The Bertz CT molecular complexity index is 1090. The van der Waals surface area contributed by atoms with Gasteiger partial charge in [0.05, 0.1) is 19.3 Å². The Kier molecular flexibility index (Phi) is 8.84. The van der Waals surface area contributed by atoms with Gasteiger partial charge < -0.3 is 49.3 Å². The lowest BCUT2D eigenvalue weighted by Gasteiger charge is -2.39. The molecule has 0 radical (unpaired) electrons. The van der Waals surface area contributed by atoms with Crippen LogP contribution in [0.1, 0.15) is 12.6 Å². The van der Waals surface area contributed by atoms with Crippen molar-refractivity contribution >= 4 is 15.6 Å². The van der Waals surface area contributed by atoms with E-state index in [1.54, 1.807) is 0 Å². The summed E-state index contributed by atoms with van der Waals surface area (Å²) >= 11 is 0. The number of hydrogen-bond donors (Lipinski definition) is 6. The molecule has 3 heterocycles. The molecule has 2 aliphatic heterocycles. The van der Waals surface area contributed by atoms with E-state index in [9.17, 15) is 48.9 Å². The van der Waals surface area contributed by atoms with Gasteiger partial charge in [-0.2, -0.15) is 0 Å². The second-order valence-electron chi connectivity index (χ2n) is 7.54. The lowest BCUT2D eigenvalue weighted by Crippen LogP contribution is -2.49. The smallest absolute Gasteiger partial charge is 0.330 e. The minimum atomic E-state index is -5.77. The third-order valence-electron chi connectivity index (χ3n) is 5.01. The van der Waals surface area contributed by atoms with E-state index in [1.807, 2.05) is 4.98 Å². The van der Waals surface area contributed by atoms with Crippen LogP contribution in [-0.4, -0.2) is 91.2 Å². The summed E-state index contributed by atoms with van der Waals surface area (Å²) < 4.78 is 47.4. The maximum absolute atomic E-state index is 12.0. The molecule has 2 saturated heterocycles. The van der Waals surface area contributed by atoms with E-state index in [4.69, 9.17) is 14.6 Å². The topological polar surface area (TPSA) is 282 Å². The van der Waals surface area contributed by atoms with Crippen molar-refractivity contribution in [2.45, 2.75) is 55.6 Å². The fourth-order valence-corrected chi connectivity index (χ4v) is 5.40. The van der Waals surface area contributed by atoms with E-state index < -0.39 is 95.7 Å². The van der Waals surface area contributed by atoms with E-state index >= 15 is 0 Å². The zero-order valence-electron chi connectivity index (χ0n) is 17.5. The minimum absolute atomic E-state index is 0.458. The SMILES string of the molecule is O=c1ccn([C@@H]2O[C@H](COP(=O)([O-])OP(=O)([O-])O[C@H]3O[C@H](CO)[C@@H](O)C[C@H]3O)[C@@H](O)[C@H]2O)c(=O)[nH]1. The van der Waals surface area contributed by atoms with Crippen molar-refractivity contribution in [3.05, 3.63) is 33.1 Å². The summed E-state index contributed by atoms with van der Waals surface area (Å²) in [4.78, 5) is 48.9. The van der Waals surface area contributed by atoms with Crippen LogP contribution < -0.4 is 21.0 Å². The Morgan fingerprint density at radius 2 is 1.74 bits per heavy atom. The molecule has 2 fully saturated rings. The van der Waals surface area contributed by atoms with Gasteiger partial charge in [0, 0.05) is 18.7 Å². The summed E-state index contributed by atoms with van der Waals surface area (Å²) in [6.07, 6.45) is -12.6. The Labute approximate surface area is 195 Å². The summed E-state index contributed by atoms with van der Waals surface area (Å²) in [6, 6.07) is 0.926. The molecule has 0 saturated carbocycles. The van der Waals surface area contributed by atoms with E-state index in [-0.39, 0.29) is 0 Å².